The van der Waals surface area contributed by atoms with E-state index < -0.39 is 0 Å². The van der Waals surface area contributed by atoms with Crippen molar-refractivity contribution >= 4 is 5.69 Å². The first-order valence-electron chi connectivity index (χ1n) is 6.44. The molecule has 0 saturated carbocycles. The summed E-state index contributed by atoms with van der Waals surface area (Å²) in [5.41, 5.74) is 6.38. The van der Waals surface area contributed by atoms with Crippen molar-refractivity contribution in [3.05, 3.63) is 36.0 Å². The summed E-state index contributed by atoms with van der Waals surface area (Å²) in [5.74, 6) is 2.46. The van der Waals surface area contributed by atoms with Crippen molar-refractivity contribution < 1.29 is 9.26 Å². The monoisotopic (exact) mass is 261 g/mol. The van der Waals surface area contributed by atoms with Crippen molar-refractivity contribution in [2.75, 3.05) is 5.73 Å². The molecule has 1 heterocycles. The Morgan fingerprint density at radius 3 is 2.84 bits per heavy atom. The lowest BCUT2D eigenvalue weighted by atomic mass is 10.1. The summed E-state index contributed by atoms with van der Waals surface area (Å²) < 4.78 is 10.7. The predicted molar refractivity (Wildman–Crippen MR) is 72.6 cm³/mol. The van der Waals surface area contributed by atoms with E-state index in [1.807, 2.05) is 18.2 Å². The molecular weight excluding hydrogens is 242 g/mol. The molecule has 1 aromatic carbocycles. The quantitative estimate of drug-likeness (QED) is 0.809. The maximum atomic E-state index is 5.78. The van der Waals surface area contributed by atoms with Gasteiger partial charge < -0.3 is 15.0 Å². The third kappa shape index (κ3) is 3.98. The van der Waals surface area contributed by atoms with Gasteiger partial charge in [-0.25, -0.2) is 0 Å². The zero-order valence-corrected chi connectivity index (χ0v) is 11.3. The fourth-order valence-electron chi connectivity index (χ4n) is 1.62. The maximum Gasteiger partial charge on any atom is 0.264 e. The number of nitrogens with zero attached hydrogens (tertiary/aromatic N) is 2. The molecule has 0 saturated heterocycles. The Hall–Kier alpha value is -2.04. The number of nitrogen functional groups attached to an aromatic ring is 1. The molecule has 0 aliphatic heterocycles. The molecule has 0 radical (unpaired) electrons. The summed E-state index contributed by atoms with van der Waals surface area (Å²) >= 11 is 0. The molecule has 2 N–H and O–H groups in total. The summed E-state index contributed by atoms with van der Waals surface area (Å²) in [6.45, 7) is 4.58. The van der Waals surface area contributed by atoms with Gasteiger partial charge in [-0.3, -0.25) is 0 Å². The van der Waals surface area contributed by atoms with Gasteiger partial charge >= 0.3 is 0 Å². The molecule has 0 atom stereocenters. The number of aryl methyl sites for hydroxylation is 1. The van der Waals surface area contributed by atoms with Crippen LogP contribution in [0.15, 0.2) is 28.8 Å². The van der Waals surface area contributed by atoms with Gasteiger partial charge in [0.05, 0.1) is 5.69 Å². The number of anilines is 1. The van der Waals surface area contributed by atoms with Crippen LogP contribution in [0, 0.1) is 5.92 Å². The van der Waals surface area contributed by atoms with E-state index in [0.29, 0.717) is 23.2 Å². The molecule has 0 aliphatic rings. The molecule has 0 spiro atoms. The Morgan fingerprint density at radius 2 is 2.11 bits per heavy atom. The molecule has 0 amide bonds. The van der Waals surface area contributed by atoms with Crippen molar-refractivity contribution in [3.63, 3.8) is 0 Å². The lowest BCUT2D eigenvalue weighted by Crippen LogP contribution is -1.99. The van der Waals surface area contributed by atoms with Crippen LogP contribution in [0.4, 0.5) is 5.69 Å². The van der Waals surface area contributed by atoms with Gasteiger partial charge in [-0.05, 0) is 24.5 Å². The minimum atomic E-state index is 0.239. The van der Waals surface area contributed by atoms with E-state index >= 15 is 0 Å². The molecule has 5 nitrogen and oxygen atoms in total. The number of para-hydroxylation sites is 2. The van der Waals surface area contributed by atoms with E-state index in [1.54, 1.807) is 6.07 Å². The van der Waals surface area contributed by atoms with E-state index in [1.165, 1.54) is 0 Å². The van der Waals surface area contributed by atoms with Crippen LogP contribution in [-0.4, -0.2) is 10.1 Å². The Bertz CT molecular complexity index is 523. The van der Waals surface area contributed by atoms with Crippen molar-refractivity contribution in [2.45, 2.75) is 33.3 Å². The van der Waals surface area contributed by atoms with Crippen molar-refractivity contribution in [3.8, 4) is 5.75 Å². The van der Waals surface area contributed by atoms with Gasteiger partial charge in [0.1, 0.15) is 5.75 Å². The third-order valence-corrected chi connectivity index (χ3v) is 2.73. The van der Waals surface area contributed by atoms with E-state index in [0.717, 1.165) is 18.7 Å². The minimum absolute atomic E-state index is 0.239. The predicted octanol–water partition coefficient (Wildman–Crippen LogP) is 2.82. The smallest absolute Gasteiger partial charge is 0.264 e. The van der Waals surface area contributed by atoms with E-state index in [4.69, 9.17) is 15.0 Å². The molecule has 1 aromatic heterocycles. The highest BCUT2D eigenvalue weighted by Gasteiger charge is 2.08. The van der Waals surface area contributed by atoms with Gasteiger partial charge in [0, 0.05) is 6.42 Å². The summed E-state index contributed by atoms with van der Waals surface area (Å²) in [6.07, 6.45) is 1.88. The number of hydrogen-bond donors (Lipinski definition) is 1. The molecule has 19 heavy (non-hydrogen) atoms. The van der Waals surface area contributed by atoms with Crippen molar-refractivity contribution in [1.82, 2.24) is 10.1 Å². The number of ether oxygens (including phenoxy) is 1. The van der Waals surface area contributed by atoms with Gasteiger partial charge in [0.15, 0.2) is 12.4 Å². The van der Waals surface area contributed by atoms with Crippen molar-refractivity contribution in [1.29, 1.82) is 0 Å². The van der Waals surface area contributed by atoms with Crippen LogP contribution in [0.5, 0.6) is 5.75 Å². The number of nitrogens with two attached hydrogens (primary N) is 1. The van der Waals surface area contributed by atoms with Crippen LogP contribution in [-0.2, 0) is 13.0 Å². The first-order chi connectivity index (χ1) is 9.15. The largest absolute Gasteiger partial charge is 0.482 e. The fourth-order valence-corrected chi connectivity index (χ4v) is 1.62. The number of benzene rings is 1. The highest BCUT2D eigenvalue weighted by atomic mass is 16.5. The molecule has 2 aromatic rings. The fraction of sp³-hybridized carbons (Fsp3) is 0.429. The maximum absolute atomic E-state index is 5.78. The summed E-state index contributed by atoms with van der Waals surface area (Å²) in [7, 11) is 0. The molecule has 5 heteroatoms. The van der Waals surface area contributed by atoms with Gasteiger partial charge in [0.2, 0.25) is 0 Å². The molecule has 102 valence electrons. The Morgan fingerprint density at radius 1 is 1.32 bits per heavy atom. The second-order valence-electron chi connectivity index (χ2n) is 4.86. The van der Waals surface area contributed by atoms with Gasteiger partial charge in [-0.15, -0.1) is 0 Å². The lowest BCUT2D eigenvalue weighted by molar-refractivity contribution is 0.243. The average Bonchev–Trinajstić information content (AvgIpc) is 2.83. The van der Waals surface area contributed by atoms with Gasteiger partial charge in [0.25, 0.3) is 5.89 Å². The molecule has 0 aliphatic carbocycles. The van der Waals surface area contributed by atoms with Crippen molar-refractivity contribution in [2.24, 2.45) is 5.92 Å². The van der Waals surface area contributed by atoms with E-state index in [-0.39, 0.29) is 6.61 Å². The van der Waals surface area contributed by atoms with Gasteiger partial charge in [-0.2, -0.15) is 4.98 Å². The number of rotatable bonds is 6. The minimum Gasteiger partial charge on any atom is -0.482 e. The zero-order chi connectivity index (χ0) is 13.7. The lowest BCUT2D eigenvalue weighted by Gasteiger charge is -2.05. The Balaban J connectivity index is 1.88. The first kappa shape index (κ1) is 13.4. The van der Waals surface area contributed by atoms with Crippen LogP contribution in [0.2, 0.25) is 0 Å². The molecule has 2 rings (SSSR count). The van der Waals surface area contributed by atoms with Crippen LogP contribution < -0.4 is 10.5 Å². The van der Waals surface area contributed by atoms with E-state index in [2.05, 4.69) is 24.0 Å². The van der Waals surface area contributed by atoms with E-state index in [9.17, 15) is 0 Å². The van der Waals surface area contributed by atoms with Gasteiger partial charge in [-0.1, -0.05) is 31.1 Å². The Labute approximate surface area is 112 Å². The van der Waals surface area contributed by atoms with Crippen LogP contribution in [0.1, 0.15) is 32.0 Å². The molecule has 0 fully saturated rings. The second-order valence-corrected chi connectivity index (χ2v) is 4.86. The second kappa shape index (κ2) is 6.22. The molecule has 0 bridgehead atoms. The highest BCUT2D eigenvalue weighted by molar-refractivity contribution is 5.51. The van der Waals surface area contributed by atoms with Crippen LogP contribution in [0.3, 0.4) is 0 Å². The van der Waals surface area contributed by atoms with Crippen LogP contribution >= 0.6 is 0 Å². The average molecular weight is 261 g/mol. The van der Waals surface area contributed by atoms with Crippen LogP contribution in [0.25, 0.3) is 0 Å². The Kier molecular flexibility index (Phi) is 4.39. The number of hydrogen-bond acceptors (Lipinski definition) is 5. The molecule has 0 unspecified atom stereocenters. The first-order valence-corrected chi connectivity index (χ1v) is 6.44. The SMILES string of the molecule is CC(C)CCc1noc(COc2ccccc2N)n1. The zero-order valence-electron chi connectivity index (χ0n) is 11.3. The highest BCUT2D eigenvalue weighted by Crippen LogP contribution is 2.20. The number of aromatic nitrogens is 2. The topological polar surface area (TPSA) is 74.2 Å². The molecular formula is C14H19N3O2. The summed E-state index contributed by atoms with van der Waals surface area (Å²) in [6, 6.07) is 7.33. The standard InChI is InChI=1S/C14H19N3O2/c1-10(2)7-8-13-16-14(19-17-13)9-18-12-6-4-3-5-11(12)15/h3-6,10H,7-9,15H2,1-2H3. The third-order valence-electron chi connectivity index (χ3n) is 2.73. The summed E-state index contributed by atoms with van der Waals surface area (Å²) in [5, 5.41) is 3.93. The summed E-state index contributed by atoms with van der Waals surface area (Å²) in [4.78, 5) is 4.28. The normalized spacial score (nSPS) is 10.9.